The molecule has 28 heavy (non-hydrogen) atoms. The Morgan fingerprint density at radius 3 is 2.43 bits per heavy atom. The summed E-state index contributed by atoms with van der Waals surface area (Å²) in [4.78, 5) is 19.1. The minimum atomic E-state index is -0.591. The van der Waals surface area contributed by atoms with Crippen LogP contribution in [-0.2, 0) is 18.3 Å². The molecule has 1 N–H and O–H groups in total. The molecule has 2 fully saturated rings. The predicted molar refractivity (Wildman–Crippen MR) is 109 cm³/mol. The molecule has 151 valence electrons. The quantitative estimate of drug-likeness (QED) is 0.602. The fourth-order valence-corrected chi connectivity index (χ4v) is 4.83. The van der Waals surface area contributed by atoms with E-state index in [1.807, 2.05) is 13.8 Å². The molecule has 2 aliphatic heterocycles. The second kappa shape index (κ2) is 8.04. The molecule has 0 bridgehead atoms. The zero-order valence-electron chi connectivity index (χ0n) is 17.0. The van der Waals surface area contributed by atoms with Gasteiger partial charge in [0.15, 0.2) is 0 Å². The van der Waals surface area contributed by atoms with E-state index >= 15 is 0 Å². The number of rotatable bonds is 4. The summed E-state index contributed by atoms with van der Waals surface area (Å²) >= 11 is 1.21. The van der Waals surface area contributed by atoms with Crippen molar-refractivity contribution < 1.29 is 9.84 Å². The molecule has 8 nitrogen and oxygen atoms in total. The fourth-order valence-electron chi connectivity index (χ4n) is 4.23. The summed E-state index contributed by atoms with van der Waals surface area (Å²) in [6, 6.07) is 0. The summed E-state index contributed by atoms with van der Waals surface area (Å²) < 4.78 is 8.48. The first-order chi connectivity index (χ1) is 13.3. The average Bonchev–Trinajstić information content (AvgIpc) is 2.97. The Bertz CT molecular complexity index is 835. The van der Waals surface area contributed by atoms with Crippen LogP contribution in [0.15, 0.2) is 0 Å². The van der Waals surface area contributed by atoms with Gasteiger partial charge in [-0.25, -0.2) is 0 Å². The van der Waals surface area contributed by atoms with Crippen molar-refractivity contribution in [3.05, 3.63) is 5.82 Å². The number of hydrogen-bond acceptors (Lipinski definition) is 7. The van der Waals surface area contributed by atoms with Crippen molar-refractivity contribution in [1.29, 1.82) is 0 Å². The number of nitrogens with zero attached hydrogens (tertiary/aromatic N) is 6. The Morgan fingerprint density at radius 1 is 1.11 bits per heavy atom. The van der Waals surface area contributed by atoms with E-state index in [0.29, 0.717) is 5.92 Å². The van der Waals surface area contributed by atoms with Crippen LogP contribution in [0.25, 0.3) is 11.2 Å². The van der Waals surface area contributed by atoms with Crippen molar-refractivity contribution >= 4 is 43.3 Å². The standard InChI is InChI=1S/C19H29N6O2.Sn/c1-19(2,26)14-4-6-24(7-5-14)12-15-22-16-17(23(15)3)20-13-21-18(16)25-8-10-27-11-9-25;/h14,26H,4-12H2,1-3H3;. The van der Waals surface area contributed by atoms with Gasteiger partial charge >= 0.3 is 180 Å². The number of aliphatic hydroxyl groups is 1. The molecule has 4 rings (SSSR count). The first-order valence-electron chi connectivity index (χ1n) is 10.1. The van der Waals surface area contributed by atoms with Crippen LogP contribution in [0.4, 0.5) is 5.82 Å². The third kappa shape index (κ3) is 4.15. The van der Waals surface area contributed by atoms with E-state index in [0.717, 1.165) is 85.4 Å². The molecule has 3 radical (unpaired) electrons. The molecule has 4 heterocycles. The van der Waals surface area contributed by atoms with E-state index in [1.165, 1.54) is 22.5 Å². The van der Waals surface area contributed by atoms with Crippen LogP contribution in [0.2, 0.25) is 0 Å². The summed E-state index contributed by atoms with van der Waals surface area (Å²) in [6.45, 7) is 9.79. The van der Waals surface area contributed by atoms with E-state index in [4.69, 9.17) is 19.7 Å². The van der Waals surface area contributed by atoms with Crippen molar-refractivity contribution in [3.8, 4) is 0 Å². The zero-order chi connectivity index (χ0) is 19.9. The molecule has 2 aromatic rings. The number of morpholine rings is 1. The molecule has 0 unspecified atom stereocenters. The average molecular weight is 492 g/mol. The molecule has 2 saturated heterocycles. The van der Waals surface area contributed by atoms with Crippen molar-refractivity contribution in [1.82, 2.24) is 24.4 Å². The van der Waals surface area contributed by atoms with Gasteiger partial charge in [-0.05, 0) is 0 Å². The summed E-state index contributed by atoms with van der Waals surface area (Å²) in [5.41, 5.74) is 1.23. The molecule has 0 aliphatic carbocycles. The topological polar surface area (TPSA) is 79.5 Å². The van der Waals surface area contributed by atoms with Gasteiger partial charge in [0, 0.05) is 0 Å². The summed E-state index contributed by atoms with van der Waals surface area (Å²) in [5, 5.41) is 10.3. The monoisotopic (exact) mass is 493 g/mol. The van der Waals surface area contributed by atoms with Crippen molar-refractivity contribution in [2.45, 2.75) is 38.8 Å². The number of aryl methyl sites for hydroxylation is 1. The normalized spacial score (nSPS) is 20.2. The van der Waals surface area contributed by atoms with Gasteiger partial charge in [-0.3, -0.25) is 0 Å². The van der Waals surface area contributed by atoms with E-state index in [2.05, 4.69) is 21.4 Å². The molecule has 0 saturated carbocycles. The number of piperidine rings is 1. The van der Waals surface area contributed by atoms with Gasteiger partial charge in [0.2, 0.25) is 0 Å². The molecular formula is C19H29N6O2Sn. The van der Waals surface area contributed by atoms with E-state index in [-0.39, 0.29) is 0 Å². The first kappa shape index (κ1) is 20.3. The van der Waals surface area contributed by atoms with Gasteiger partial charge in [0.1, 0.15) is 0 Å². The summed E-state index contributed by atoms with van der Waals surface area (Å²) in [6.07, 6.45) is 2.05. The van der Waals surface area contributed by atoms with Crippen LogP contribution in [-0.4, -0.2) is 97.0 Å². The molecule has 0 aromatic carbocycles. The van der Waals surface area contributed by atoms with Gasteiger partial charge in [-0.1, -0.05) is 0 Å². The molecule has 2 aromatic heterocycles. The number of ether oxygens (including phenoxy) is 1. The van der Waals surface area contributed by atoms with Crippen LogP contribution in [0.3, 0.4) is 0 Å². The molecule has 0 amide bonds. The second-order valence-electron chi connectivity index (χ2n) is 8.43. The number of imidazole rings is 1. The second-order valence-corrected chi connectivity index (χ2v) is 9.71. The fraction of sp³-hybridized carbons (Fsp3) is 0.737. The van der Waals surface area contributed by atoms with Crippen LogP contribution < -0.4 is 8.74 Å². The number of hydrogen-bond donors (Lipinski definition) is 1. The number of fused-ring (bicyclic) bond motifs is 1. The van der Waals surface area contributed by atoms with E-state index in [1.54, 1.807) is 0 Å². The summed E-state index contributed by atoms with van der Waals surface area (Å²) in [7, 11) is 2.06. The van der Waals surface area contributed by atoms with Crippen molar-refractivity contribution in [2.75, 3.05) is 44.3 Å². The van der Waals surface area contributed by atoms with E-state index < -0.39 is 5.60 Å². The van der Waals surface area contributed by atoms with Crippen LogP contribution in [0, 0.1) is 5.92 Å². The van der Waals surface area contributed by atoms with Gasteiger partial charge in [0.05, 0.1) is 0 Å². The maximum atomic E-state index is 10.3. The SMILES string of the molecule is Cn1c(CN2CCC(C(C)(C)O)CC2)nc2c(N3CCOCC3)n[c]([Sn])nc21. The number of anilines is 1. The molecular weight excluding hydrogens is 463 g/mol. The Balaban J connectivity index is 1.56. The van der Waals surface area contributed by atoms with E-state index in [9.17, 15) is 5.11 Å². The van der Waals surface area contributed by atoms with Gasteiger partial charge in [-0.15, -0.1) is 0 Å². The van der Waals surface area contributed by atoms with Gasteiger partial charge in [-0.2, -0.15) is 0 Å². The molecule has 0 atom stereocenters. The van der Waals surface area contributed by atoms with Crippen LogP contribution in [0.1, 0.15) is 32.5 Å². The van der Waals surface area contributed by atoms with Crippen molar-refractivity contribution in [3.63, 3.8) is 0 Å². The summed E-state index contributed by atoms with van der Waals surface area (Å²) in [5.74, 6) is 2.35. The zero-order valence-corrected chi connectivity index (χ0v) is 19.8. The Labute approximate surface area is 179 Å². The minimum absolute atomic E-state index is 0.369. The number of likely N-dealkylation sites (tertiary alicyclic amines) is 1. The Hall–Kier alpha value is -0.971. The molecule has 9 heteroatoms. The van der Waals surface area contributed by atoms with Crippen LogP contribution >= 0.6 is 0 Å². The predicted octanol–water partition coefficient (Wildman–Crippen LogP) is -0.0234. The first-order valence-corrected chi connectivity index (χ1v) is 11.5. The maximum absolute atomic E-state index is 10.3. The molecule has 0 spiro atoms. The van der Waals surface area contributed by atoms with Crippen LogP contribution in [0.5, 0.6) is 0 Å². The third-order valence-corrected chi connectivity index (χ3v) is 6.69. The van der Waals surface area contributed by atoms with Crippen molar-refractivity contribution in [2.24, 2.45) is 13.0 Å². The third-order valence-electron chi connectivity index (χ3n) is 6.06. The van der Waals surface area contributed by atoms with Gasteiger partial charge < -0.3 is 0 Å². The Morgan fingerprint density at radius 2 is 1.79 bits per heavy atom. The van der Waals surface area contributed by atoms with Gasteiger partial charge in [0.25, 0.3) is 0 Å². The molecule has 2 aliphatic rings. The number of aromatic nitrogens is 4. The Kier molecular flexibility index (Phi) is 5.83.